The number of rotatable bonds is 8. The largest absolute Gasteiger partial charge is 0.416 e. The number of hydrogen-bond acceptors (Lipinski definition) is 6. The second kappa shape index (κ2) is 11.1. The van der Waals surface area contributed by atoms with Crippen LogP contribution in [0.1, 0.15) is 57.4 Å². The Morgan fingerprint density at radius 2 is 1.93 bits per heavy atom. The van der Waals surface area contributed by atoms with E-state index < -0.39 is 29.2 Å². The van der Waals surface area contributed by atoms with E-state index in [1.165, 1.54) is 21.9 Å². The zero-order chi connectivity index (χ0) is 29.6. The van der Waals surface area contributed by atoms with Crippen molar-refractivity contribution >= 4 is 11.6 Å². The van der Waals surface area contributed by atoms with Crippen LogP contribution in [0.15, 0.2) is 42.7 Å². The minimum atomic E-state index is -4.62. The number of aryl methyl sites for hydroxylation is 1. The monoisotopic (exact) mass is 587 g/mol. The number of piperidine rings is 1. The molecule has 224 valence electrons. The number of hydrogen-bond donors (Lipinski definition) is 0. The Bertz CT molecular complexity index is 1460. The molecule has 0 bridgehead atoms. The summed E-state index contributed by atoms with van der Waals surface area (Å²) in [7, 11) is 3.32. The Hall–Kier alpha value is -3.35. The van der Waals surface area contributed by atoms with Gasteiger partial charge in [-0.15, -0.1) is 10.2 Å². The first-order valence-corrected chi connectivity index (χ1v) is 14.0. The summed E-state index contributed by atoms with van der Waals surface area (Å²) in [4.78, 5) is 17.1. The van der Waals surface area contributed by atoms with Crippen LogP contribution < -0.4 is 4.90 Å². The summed E-state index contributed by atoms with van der Waals surface area (Å²) in [5.41, 5.74) is -0.365. The molecule has 1 aromatic heterocycles. The van der Waals surface area contributed by atoms with Crippen molar-refractivity contribution in [3.8, 4) is 0 Å². The normalized spacial score (nSPS) is 20.0. The molecular weight excluding hydrogens is 554 g/mol. The predicted octanol–water partition coefficient (Wildman–Crippen LogP) is 4.83. The quantitative estimate of drug-likeness (QED) is 0.352. The average molecular weight is 588 g/mol. The molecule has 3 aromatic rings. The van der Waals surface area contributed by atoms with Crippen molar-refractivity contribution in [2.24, 2.45) is 13.0 Å². The fourth-order valence-electron chi connectivity index (χ4n) is 6.36. The molecular formula is C30H33F4N5O3. The number of carbonyl (C=O) groups excluding carboxylic acids is 1. The number of likely N-dealkylation sites (tertiary alicyclic amines) is 1. The van der Waals surface area contributed by atoms with E-state index in [-0.39, 0.29) is 36.7 Å². The first-order valence-electron chi connectivity index (χ1n) is 14.0. The van der Waals surface area contributed by atoms with Crippen LogP contribution in [0, 0.1) is 5.92 Å². The second-order valence-corrected chi connectivity index (χ2v) is 11.6. The summed E-state index contributed by atoms with van der Waals surface area (Å²) in [6.45, 7) is 2.51. The van der Waals surface area contributed by atoms with Crippen LogP contribution in [-0.4, -0.2) is 65.6 Å². The molecule has 2 fully saturated rings. The number of anilines is 1. The molecule has 1 amide bonds. The summed E-state index contributed by atoms with van der Waals surface area (Å²) < 4.78 is 71.0. The smallest absolute Gasteiger partial charge is 0.384 e. The summed E-state index contributed by atoms with van der Waals surface area (Å²) in [5.74, 6) is 0.0950. The lowest BCUT2D eigenvalue weighted by atomic mass is 9.74. The maximum absolute atomic E-state index is 15.9. The Morgan fingerprint density at radius 1 is 1.17 bits per heavy atom. The predicted molar refractivity (Wildman–Crippen MR) is 146 cm³/mol. The van der Waals surface area contributed by atoms with E-state index in [9.17, 15) is 18.0 Å². The highest BCUT2D eigenvalue weighted by atomic mass is 19.4. The highest BCUT2D eigenvalue weighted by molar-refractivity contribution is 6.10. The number of ether oxygens (including phenoxy) is 2. The number of benzene rings is 2. The van der Waals surface area contributed by atoms with Gasteiger partial charge in [-0.1, -0.05) is 12.1 Å². The van der Waals surface area contributed by atoms with Gasteiger partial charge >= 0.3 is 6.18 Å². The average Bonchev–Trinajstić information content (AvgIpc) is 3.51. The summed E-state index contributed by atoms with van der Waals surface area (Å²) in [6, 6.07) is 9.56. The van der Waals surface area contributed by atoms with Gasteiger partial charge in [-0.2, -0.15) is 13.2 Å². The van der Waals surface area contributed by atoms with Crippen LogP contribution in [0.25, 0.3) is 0 Å². The van der Waals surface area contributed by atoms with Gasteiger partial charge in [0.05, 0.1) is 30.7 Å². The van der Waals surface area contributed by atoms with Crippen molar-refractivity contribution < 1.29 is 31.8 Å². The number of nitrogens with zero attached hydrogens (tertiary/aromatic N) is 5. The SMILES string of the molecule is COCC1CCN(Cc2cc3c(c(C(F)(F)F)c2)CN(c2cccc(C4([C@H](F)c5nncn5C)COC4)c2)C3=O)CC1. The number of fused-ring (bicyclic) bond motifs is 1. The van der Waals surface area contributed by atoms with Crippen molar-refractivity contribution in [3.63, 3.8) is 0 Å². The molecule has 1 atom stereocenters. The lowest BCUT2D eigenvalue weighted by Gasteiger charge is -2.43. The third-order valence-electron chi connectivity index (χ3n) is 8.83. The molecule has 2 saturated heterocycles. The molecule has 8 nitrogen and oxygen atoms in total. The Kier molecular flexibility index (Phi) is 7.57. The van der Waals surface area contributed by atoms with Crippen LogP contribution in [-0.2, 0) is 41.2 Å². The zero-order valence-electron chi connectivity index (χ0n) is 23.5. The minimum Gasteiger partial charge on any atom is -0.384 e. The zero-order valence-corrected chi connectivity index (χ0v) is 23.5. The summed E-state index contributed by atoms with van der Waals surface area (Å²) in [6.07, 6.45) is -2.90. The number of amides is 1. The van der Waals surface area contributed by atoms with Gasteiger partial charge < -0.3 is 18.9 Å². The van der Waals surface area contributed by atoms with Crippen molar-refractivity contribution in [2.45, 2.75) is 43.7 Å². The number of methoxy groups -OCH3 is 1. The van der Waals surface area contributed by atoms with Gasteiger partial charge in [0.2, 0.25) is 0 Å². The van der Waals surface area contributed by atoms with Crippen molar-refractivity contribution in [1.82, 2.24) is 19.7 Å². The summed E-state index contributed by atoms with van der Waals surface area (Å²) >= 11 is 0. The fourth-order valence-corrected chi connectivity index (χ4v) is 6.36. The summed E-state index contributed by atoms with van der Waals surface area (Å²) in [5, 5.41) is 7.71. The Morgan fingerprint density at radius 3 is 2.55 bits per heavy atom. The molecule has 4 heterocycles. The van der Waals surface area contributed by atoms with E-state index in [1.807, 2.05) is 0 Å². The minimum absolute atomic E-state index is 0.0374. The third-order valence-corrected chi connectivity index (χ3v) is 8.83. The molecule has 3 aliphatic heterocycles. The van der Waals surface area contributed by atoms with E-state index in [4.69, 9.17) is 9.47 Å². The molecule has 42 heavy (non-hydrogen) atoms. The van der Waals surface area contributed by atoms with Gasteiger partial charge in [-0.05, 0) is 72.8 Å². The molecule has 0 radical (unpaired) electrons. The van der Waals surface area contributed by atoms with Crippen LogP contribution in [0.5, 0.6) is 0 Å². The van der Waals surface area contributed by atoms with Gasteiger partial charge in [0.15, 0.2) is 12.0 Å². The van der Waals surface area contributed by atoms with Gasteiger partial charge in [0.1, 0.15) is 6.33 Å². The maximum atomic E-state index is 15.9. The van der Waals surface area contributed by atoms with Crippen LogP contribution >= 0.6 is 0 Å². The topological polar surface area (TPSA) is 72.7 Å². The molecule has 0 aliphatic carbocycles. The molecule has 0 N–H and O–H groups in total. The van der Waals surface area contributed by atoms with E-state index in [0.717, 1.165) is 25.9 Å². The highest BCUT2D eigenvalue weighted by Crippen LogP contribution is 2.47. The molecule has 6 rings (SSSR count). The fraction of sp³-hybridized carbons (Fsp3) is 0.500. The maximum Gasteiger partial charge on any atom is 0.416 e. The number of halogens is 4. The second-order valence-electron chi connectivity index (χ2n) is 11.6. The lowest BCUT2D eigenvalue weighted by Crippen LogP contribution is -2.50. The first-order chi connectivity index (χ1) is 20.1. The molecule has 0 spiro atoms. The van der Waals surface area contributed by atoms with Crippen LogP contribution in [0.4, 0.5) is 23.2 Å². The van der Waals surface area contributed by atoms with E-state index in [1.54, 1.807) is 44.5 Å². The molecule has 12 heteroatoms. The van der Waals surface area contributed by atoms with Crippen molar-refractivity contribution in [3.05, 3.63) is 76.4 Å². The van der Waals surface area contributed by atoms with Gasteiger partial charge in [-0.3, -0.25) is 9.69 Å². The van der Waals surface area contributed by atoms with Crippen LogP contribution in [0.3, 0.4) is 0 Å². The molecule has 3 aliphatic rings. The Balaban J connectivity index is 1.28. The van der Waals surface area contributed by atoms with Gasteiger partial charge in [0.25, 0.3) is 5.91 Å². The van der Waals surface area contributed by atoms with Crippen LogP contribution in [0.2, 0.25) is 0 Å². The van der Waals surface area contributed by atoms with Gasteiger partial charge in [-0.25, -0.2) is 4.39 Å². The lowest BCUT2D eigenvalue weighted by molar-refractivity contribution is -0.138. The Labute approximate surface area is 241 Å². The number of carbonyl (C=O) groups is 1. The molecule has 0 saturated carbocycles. The van der Waals surface area contributed by atoms with Crippen molar-refractivity contribution in [2.75, 3.05) is 44.9 Å². The van der Waals surface area contributed by atoms with Crippen molar-refractivity contribution in [1.29, 1.82) is 0 Å². The molecule has 0 unspecified atom stereocenters. The highest BCUT2D eigenvalue weighted by Gasteiger charge is 2.51. The van der Waals surface area contributed by atoms with Gasteiger partial charge in [0, 0.05) is 38.6 Å². The van der Waals surface area contributed by atoms with E-state index >= 15 is 4.39 Å². The number of aromatic nitrogens is 3. The van der Waals surface area contributed by atoms with E-state index in [2.05, 4.69) is 15.1 Å². The standard InChI is InChI=1S/C30H33F4N5O3/c1-37-18-35-36-27(37)26(31)29(16-42-17-29)21-4-3-5-22(12-21)39-14-24-23(28(39)40)10-20(11-25(24)30(32,33)34)13-38-8-6-19(7-9-38)15-41-2/h3-5,10-12,18-19,26H,6-9,13-17H2,1-2H3/t26-/m1/s1. The van der Waals surface area contributed by atoms with E-state index in [0.29, 0.717) is 35.9 Å². The molecule has 2 aromatic carbocycles. The number of alkyl halides is 4. The third kappa shape index (κ3) is 5.09. The first kappa shape index (κ1) is 28.8.